The molecule has 25 heavy (non-hydrogen) atoms. The molecule has 0 unspecified atom stereocenters. The first kappa shape index (κ1) is 18.5. The van der Waals surface area contributed by atoms with Gasteiger partial charge in [-0.25, -0.2) is 4.79 Å². The number of aliphatic hydroxyl groups excluding tert-OH is 1. The van der Waals surface area contributed by atoms with Crippen LogP contribution in [-0.2, 0) is 0 Å². The number of carbonyl (C=O) groups is 2. The molecule has 0 heterocycles. The van der Waals surface area contributed by atoms with Crippen LogP contribution in [0, 0.1) is 0 Å². The predicted molar refractivity (Wildman–Crippen MR) is 99.4 cm³/mol. The SMILES string of the molecule is C[Si](C)(C)c1ccc(C(=O)/C=C(/O)c2ccc(C(=O)O)cc2)c(O)c1. The van der Waals surface area contributed by atoms with Gasteiger partial charge in [0.2, 0.25) is 0 Å². The number of aromatic hydroxyl groups is 1. The first-order chi connectivity index (χ1) is 11.6. The molecule has 0 fully saturated rings. The Kier molecular flexibility index (Phi) is 5.13. The number of aliphatic hydroxyl groups is 1. The number of carbonyl (C=O) groups excluding carboxylic acids is 1. The average Bonchev–Trinajstić information content (AvgIpc) is 2.53. The summed E-state index contributed by atoms with van der Waals surface area (Å²) in [5.41, 5.74) is 0.509. The minimum atomic E-state index is -1.61. The third-order valence-electron chi connectivity index (χ3n) is 3.82. The fraction of sp³-hybridized carbons (Fsp3) is 0.158. The highest BCUT2D eigenvalue weighted by Crippen LogP contribution is 2.20. The molecule has 0 saturated carbocycles. The van der Waals surface area contributed by atoms with Crippen molar-refractivity contribution in [2.24, 2.45) is 0 Å². The molecule has 0 aliphatic heterocycles. The van der Waals surface area contributed by atoms with E-state index in [0.717, 1.165) is 11.3 Å². The standard InChI is InChI=1S/C19H20O5Si/c1-25(2,3)14-8-9-15(17(21)10-14)18(22)11-16(20)12-4-6-13(7-5-12)19(23)24/h4-11,20-21H,1-3H3,(H,23,24)/b16-11+. The molecule has 0 radical (unpaired) electrons. The lowest BCUT2D eigenvalue weighted by molar-refractivity contribution is 0.0696. The predicted octanol–water partition coefficient (Wildman–Crippen LogP) is 3.42. The summed E-state index contributed by atoms with van der Waals surface area (Å²) in [5, 5.41) is 30.1. The summed E-state index contributed by atoms with van der Waals surface area (Å²) in [6.45, 7) is 6.40. The van der Waals surface area contributed by atoms with E-state index >= 15 is 0 Å². The van der Waals surface area contributed by atoms with E-state index < -0.39 is 19.8 Å². The van der Waals surface area contributed by atoms with E-state index in [1.54, 1.807) is 12.1 Å². The van der Waals surface area contributed by atoms with Crippen LogP contribution in [0.5, 0.6) is 5.75 Å². The summed E-state index contributed by atoms with van der Waals surface area (Å²) in [6, 6.07) is 10.5. The second-order valence-corrected chi connectivity index (χ2v) is 11.8. The number of phenols is 1. The number of hydrogen-bond acceptors (Lipinski definition) is 4. The molecule has 2 rings (SSSR count). The van der Waals surface area contributed by atoms with Crippen LogP contribution in [0.3, 0.4) is 0 Å². The van der Waals surface area contributed by atoms with Crippen LogP contribution in [0.4, 0.5) is 0 Å². The Morgan fingerprint density at radius 3 is 1.96 bits per heavy atom. The first-order valence-electron chi connectivity index (χ1n) is 7.72. The second kappa shape index (κ2) is 6.94. The van der Waals surface area contributed by atoms with E-state index in [2.05, 4.69) is 19.6 Å². The Balaban J connectivity index is 2.28. The summed E-state index contributed by atoms with van der Waals surface area (Å²) in [5.74, 6) is -2.01. The van der Waals surface area contributed by atoms with Crippen molar-refractivity contribution >= 4 is 30.8 Å². The van der Waals surface area contributed by atoms with E-state index in [4.69, 9.17) is 5.11 Å². The third-order valence-corrected chi connectivity index (χ3v) is 5.87. The molecule has 0 spiro atoms. The summed E-state index contributed by atoms with van der Waals surface area (Å²) in [7, 11) is -1.61. The summed E-state index contributed by atoms with van der Waals surface area (Å²) >= 11 is 0. The lowest BCUT2D eigenvalue weighted by Crippen LogP contribution is -2.37. The maximum Gasteiger partial charge on any atom is 0.335 e. The maximum absolute atomic E-state index is 12.3. The number of hydrogen-bond donors (Lipinski definition) is 3. The van der Waals surface area contributed by atoms with Gasteiger partial charge in [-0.2, -0.15) is 0 Å². The van der Waals surface area contributed by atoms with Gasteiger partial charge in [0.25, 0.3) is 0 Å². The van der Waals surface area contributed by atoms with E-state index in [1.165, 1.54) is 24.3 Å². The van der Waals surface area contributed by atoms with Crippen molar-refractivity contribution in [1.82, 2.24) is 0 Å². The molecule has 0 aliphatic carbocycles. The van der Waals surface area contributed by atoms with Crippen molar-refractivity contribution < 1.29 is 24.9 Å². The van der Waals surface area contributed by atoms with Gasteiger partial charge in [0, 0.05) is 11.6 Å². The first-order valence-corrected chi connectivity index (χ1v) is 11.2. The molecule has 0 amide bonds. The summed E-state index contributed by atoms with van der Waals surface area (Å²) < 4.78 is 0. The minimum absolute atomic E-state index is 0.0856. The average molecular weight is 356 g/mol. The molecule has 5 nitrogen and oxygen atoms in total. The van der Waals surface area contributed by atoms with Crippen LogP contribution >= 0.6 is 0 Å². The van der Waals surface area contributed by atoms with E-state index in [-0.39, 0.29) is 22.6 Å². The number of rotatable bonds is 5. The van der Waals surface area contributed by atoms with Gasteiger partial charge < -0.3 is 15.3 Å². The molecular weight excluding hydrogens is 336 g/mol. The van der Waals surface area contributed by atoms with Gasteiger partial charge in [-0.05, 0) is 24.3 Å². The minimum Gasteiger partial charge on any atom is -0.507 e. The van der Waals surface area contributed by atoms with Gasteiger partial charge in [0.1, 0.15) is 11.5 Å². The van der Waals surface area contributed by atoms with Crippen LogP contribution in [0.25, 0.3) is 5.76 Å². The fourth-order valence-corrected chi connectivity index (χ4v) is 3.43. The Labute approximate surface area is 146 Å². The number of carboxylic acid groups (broad SMARTS) is 1. The van der Waals surface area contributed by atoms with Crippen LogP contribution in [-0.4, -0.2) is 35.1 Å². The molecule has 2 aromatic rings. The van der Waals surface area contributed by atoms with E-state index in [1.807, 2.05) is 6.07 Å². The van der Waals surface area contributed by atoms with Crippen LogP contribution in [0.2, 0.25) is 19.6 Å². The third kappa shape index (κ3) is 4.36. The second-order valence-electron chi connectivity index (χ2n) is 6.76. The van der Waals surface area contributed by atoms with E-state index in [0.29, 0.717) is 5.56 Å². The number of phenolic OH excluding ortho intramolecular Hbond substituents is 1. The van der Waals surface area contributed by atoms with Gasteiger partial charge >= 0.3 is 5.97 Å². The number of ketones is 1. The van der Waals surface area contributed by atoms with Gasteiger partial charge in [0.15, 0.2) is 5.78 Å². The maximum atomic E-state index is 12.3. The lowest BCUT2D eigenvalue weighted by atomic mass is 10.1. The Morgan fingerprint density at radius 2 is 1.48 bits per heavy atom. The lowest BCUT2D eigenvalue weighted by Gasteiger charge is -2.17. The fourth-order valence-electron chi connectivity index (χ4n) is 2.28. The zero-order valence-electron chi connectivity index (χ0n) is 14.3. The highest BCUT2D eigenvalue weighted by Gasteiger charge is 2.19. The van der Waals surface area contributed by atoms with Crippen molar-refractivity contribution in [3.8, 4) is 5.75 Å². The summed E-state index contributed by atoms with van der Waals surface area (Å²) in [4.78, 5) is 23.1. The largest absolute Gasteiger partial charge is 0.507 e. The smallest absolute Gasteiger partial charge is 0.335 e. The van der Waals surface area contributed by atoms with Crippen molar-refractivity contribution in [3.05, 3.63) is 65.2 Å². The van der Waals surface area contributed by atoms with Crippen LogP contribution < -0.4 is 5.19 Å². The Morgan fingerprint density at radius 1 is 0.920 bits per heavy atom. The number of carboxylic acids is 1. The topological polar surface area (TPSA) is 94.8 Å². The Hall–Kier alpha value is -2.86. The molecule has 130 valence electrons. The molecular formula is C19H20O5Si. The van der Waals surface area contributed by atoms with Gasteiger partial charge in [-0.15, -0.1) is 0 Å². The molecule has 3 N–H and O–H groups in total. The number of benzene rings is 2. The molecule has 2 aromatic carbocycles. The molecule has 6 heteroatoms. The van der Waals surface area contributed by atoms with Crippen molar-refractivity contribution in [2.45, 2.75) is 19.6 Å². The molecule has 0 aliphatic rings. The van der Waals surface area contributed by atoms with Crippen molar-refractivity contribution in [1.29, 1.82) is 0 Å². The highest BCUT2D eigenvalue weighted by molar-refractivity contribution is 6.88. The van der Waals surface area contributed by atoms with E-state index in [9.17, 15) is 19.8 Å². The van der Waals surface area contributed by atoms with Gasteiger partial charge in [0.05, 0.1) is 19.2 Å². The summed E-state index contributed by atoms with van der Waals surface area (Å²) in [6.07, 6.45) is 1.01. The zero-order chi connectivity index (χ0) is 18.8. The highest BCUT2D eigenvalue weighted by atomic mass is 28.3. The number of aromatic carboxylic acids is 1. The Bertz CT molecular complexity index is 845. The van der Waals surface area contributed by atoms with Gasteiger partial charge in [-0.1, -0.05) is 43.0 Å². The molecule has 0 atom stereocenters. The molecule has 0 saturated heterocycles. The van der Waals surface area contributed by atoms with Crippen molar-refractivity contribution in [2.75, 3.05) is 0 Å². The van der Waals surface area contributed by atoms with Gasteiger partial charge in [-0.3, -0.25) is 4.79 Å². The molecule has 0 aromatic heterocycles. The van der Waals surface area contributed by atoms with Crippen molar-refractivity contribution in [3.63, 3.8) is 0 Å². The normalized spacial score (nSPS) is 12.0. The van der Waals surface area contributed by atoms with Crippen LogP contribution in [0.1, 0.15) is 26.3 Å². The zero-order valence-corrected chi connectivity index (χ0v) is 15.3. The quantitative estimate of drug-likeness (QED) is 0.330. The monoisotopic (exact) mass is 356 g/mol. The van der Waals surface area contributed by atoms with Crippen LogP contribution in [0.15, 0.2) is 48.5 Å². The molecule has 0 bridgehead atoms. The number of allylic oxidation sites excluding steroid dienone is 1.